The quantitative estimate of drug-likeness (QED) is 0.871. The number of aromatic nitrogens is 1. The molecule has 0 aromatic carbocycles. The van der Waals surface area contributed by atoms with Crippen LogP contribution in [0.1, 0.15) is 18.1 Å². The Morgan fingerprint density at radius 2 is 2.12 bits per heavy atom. The van der Waals surface area contributed by atoms with Crippen LogP contribution >= 0.6 is 0 Å². The Kier molecular flexibility index (Phi) is 3.74. The molecule has 0 spiro atoms. The van der Waals surface area contributed by atoms with E-state index in [0.29, 0.717) is 5.56 Å². The standard InChI is InChI=1S/C10H12F3NO2/c1-6(15)3-7-4-8(10(11,12)13)9(16-2)14-5-7/h4-6,15H,3H2,1-2H3/t6-/m0/s1. The number of halogens is 3. The van der Waals surface area contributed by atoms with Crippen molar-refractivity contribution in [3.63, 3.8) is 0 Å². The van der Waals surface area contributed by atoms with Crippen LogP contribution in [0.15, 0.2) is 12.3 Å². The fourth-order valence-corrected chi connectivity index (χ4v) is 1.31. The Balaban J connectivity index is 3.12. The number of alkyl halides is 3. The Morgan fingerprint density at radius 3 is 2.56 bits per heavy atom. The number of aliphatic hydroxyl groups is 1. The molecule has 1 rings (SSSR count). The molecule has 3 nitrogen and oxygen atoms in total. The molecule has 0 unspecified atom stereocenters. The van der Waals surface area contributed by atoms with Gasteiger partial charge in [-0.1, -0.05) is 0 Å². The van der Waals surface area contributed by atoms with Crippen molar-refractivity contribution >= 4 is 0 Å². The van der Waals surface area contributed by atoms with Gasteiger partial charge in [-0.05, 0) is 25.0 Å². The smallest absolute Gasteiger partial charge is 0.421 e. The summed E-state index contributed by atoms with van der Waals surface area (Å²) in [6.45, 7) is 1.50. The molecule has 1 atom stereocenters. The maximum Gasteiger partial charge on any atom is 0.421 e. The van der Waals surface area contributed by atoms with Gasteiger partial charge in [0.1, 0.15) is 5.56 Å². The molecule has 0 fully saturated rings. The Bertz CT molecular complexity index is 364. The Labute approximate surface area is 90.9 Å². The van der Waals surface area contributed by atoms with Gasteiger partial charge in [-0.25, -0.2) is 4.98 Å². The number of rotatable bonds is 3. The van der Waals surface area contributed by atoms with Crippen molar-refractivity contribution in [1.29, 1.82) is 0 Å². The molecular weight excluding hydrogens is 223 g/mol. The van der Waals surface area contributed by atoms with Crippen molar-refractivity contribution in [3.05, 3.63) is 23.4 Å². The van der Waals surface area contributed by atoms with Crippen molar-refractivity contribution in [2.75, 3.05) is 7.11 Å². The highest BCUT2D eigenvalue weighted by Gasteiger charge is 2.35. The highest BCUT2D eigenvalue weighted by molar-refractivity contribution is 5.32. The lowest BCUT2D eigenvalue weighted by molar-refractivity contribution is -0.139. The molecule has 0 bridgehead atoms. The van der Waals surface area contributed by atoms with E-state index in [1.54, 1.807) is 0 Å². The maximum atomic E-state index is 12.6. The summed E-state index contributed by atoms with van der Waals surface area (Å²) >= 11 is 0. The number of hydrogen-bond acceptors (Lipinski definition) is 3. The minimum absolute atomic E-state index is 0.125. The van der Waals surface area contributed by atoms with E-state index in [1.165, 1.54) is 13.1 Å². The molecule has 1 aromatic heterocycles. The molecule has 0 aliphatic rings. The van der Waals surface area contributed by atoms with Gasteiger partial charge in [0.15, 0.2) is 0 Å². The number of nitrogens with zero attached hydrogens (tertiary/aromatic N) is 1. The van der Waals surface area contributed by atoms with Crippen LogP contribution in [-0.2, 0) is 12.6 Å². The first-order chi connectivity index (χ1) is 7.34. The van der Waals surface area contributed by atoms with E-state index >= 15 is 0 Å². The third-order valence-electron chi connectivity index (χ3n) is 1.94. The predicted molar refractivity (Wildman–Crippen MR) is 51.2 cm³/mol. The second-order valence-electron chi connectivity index (χ2n) is 3.45. The fraction of sp³-hybridized carbons (Fsp3) is 0.500. The van der Waals surface area contributed by atoms with Gasteiger partial charge < -0.3 is 9.84 Å². The van der Waals surface area contributed by atoms with Crippen LogP contribution in [0.4, 0.5) is 13.2 Å². The summed E-state index contributed by atoms with van der Waals surface area (Å²) in [7, 11) is 1.13. The second kappa shape index (κ2) is 4.69. The highest BCUT2D eigenvalue weighted by atomic mass is 19.4. The maximum absolute atomic E-state index is 12.6. The number of methoxy groups -OCH3 is 1. The molecule has 0 saturated carbocycles. The summed E-state index contributed by atoms with van der Waals surface area (Å²) in [4.78, 5) is 3.56. The normalized spacial score (nSPS) is 13.6. The van der Waals surface area contributed by atoms with Crippen LogP contribution in [0.2, 0.25) is 0 Å². The third kappa shape index (κ3) is 3.10. The molecule has 0 aliphatic carbocycles. The average molecular weight is 235 g/mol. The lowest BCUT2D eigenvalue weighted by Crippen LogP contribution is -2.11. The van der Waals surface area contributed by atoms with Gasteiger partial charge in [0.25, 0.3) is 0 Å². The van der Waals surface area contributed by atoms with Crippen LogP contribution in [0.3, 0.4) is 0 Å². The van der Waals surface area contributed by atoms with Crippen LogP contribution in [0, 0.1) is 0 Å². The second-order valence-corrected chi connectivity index (χ2v) is 3.45. The first kappa shape index (κ1) is 12.8. The molecule has 1 aromatic rings. The molecule has 0 aliphatic heterocycles. The molecule has 6 heteroatoms. The Morgan fingerprint density at radius 1 is 1.50 bits per heavy atom. The minimum Gasteiger partial charge on any atom is -0.481 e. The van der Waals surface area contributed by atoms with E-state index in [-0.39, 0.29) is 6.42 Å². The lowest BCUT2D eigenvalue weighted by atomic mass is 10.1. The van der Waals surface area contributed by atoms with E-state index in [1.807, 2.05) is 0 Å². The Hall–Kier alpha value is -1.30. The zero-order valence-corrected chi connectivity index (χ0v) is 8.88. The van der Waals surface area contributed by atoms with Crippen molar-refractivity contribution in [2.24, 2.45) is 0 Å². The van der Waals surface area contributed by atoms with E-state index in [9.17, 15) is 13.2 Å². The summed E-state index contributed by atoms with van der Waals surface area (Å²) in [6.07, 6.45) is -3.83. The summed E-state index contributed by atoms with van der Waals surface area (Å²) in [5, 5.41) is 9.09. The van der Waals surface area contributed by atoms with Gasteiger partial charge in [-0.2, -0.15) is 13.2 Å². The van der Waals surface area contributed by atoms with E-state index in [4.69, 9.17) is 5.11 Å². The SMILES string of the molecule is COc1ncc(C[C@H](C)O)cc1C(F)(F)F. The monoisotopic (exact) mass is 235 g/mol. The fourth-order valence-electron chi connectivity index (χ4n) is 1.31. The van der Waals surface area contributed by atoms with Gasteiger partial charge in [0.05, 0.1) is 13.2 Å². The highest BCUT2D eigenvalue weighted by Crippen LogP contribution is 2.35. The summed E-state index contributed by atoms with van der Waals surface area (Å²) < 4.78 is 42.2. The van der Waals surface area contributed by atoms with Crippen molar-refractivity contribution in [3.8, 4) is 5.88 Å². The van der Waals surface area contributed by atoms with Crippen molar-refractivity contribution in [1.82, 2.24) is 4.98 Å². The van der Waals surface area contributed by atoms with E-state index < -0.39 is 23.7 Å². The number of pyridine rings is 1. The molecule has 0 saturated heterocycles. The third-order valence-corrected chi connectivity index (χ3v) is 1.94. The average Bonchev–Trinajstić information content (AvgIpc) is 2.15. The predicted octanol–water partition coefficient (Wildman–Crippen LogP) is 2.03. The number of hydrogen-bond donors (Lipinski definition) is 1. The molecule has 1 N–H and O–H groups in total. The molecular formula is C10H12F3NO2. The van der Waals surface area contributed by atoms with Crippen molar-refractivity contribution < 1.29 is 23.0 Å². The van der Waals surface area contributed by atoms with Crippen LogP contribution in [0.5, 0.6) is 5.88 Å². The topological polar surface area (TPSA) is 42.4 Å². The van der Waals surface area contributed by atoms with E-state index in [2.05, 4.69) is 9.72 Å². The molecule has 16 heavy (non-hydrogen) atoms. The van der Waals surface area contributed by atoms with Crippen LogP contribution < -0.4 is 4.74 Å². The number of aliphatic hydroxyl groups excluding tert-OH is 1. The molecule has 90 valence electrons. The van der Waals surface area contributed by atoms with Gasteiger partial charge >= 0.3 is 6.18 Å². The van der Waals surface area contributed by atoms with Gasteiger partial charge in [-0.15, -0.1) is 0 Å². The van der Waals surface area contributed by atoms with Gasteiger partial charge in [0, 0.05) is 6.20 Å². The largest absolute Gasteiger partial charge is 0.481 e. The molecule has 0 radical (unpaired) electrons. The van der Waals surface area contributed by atoms with Gasteiger partial charge in [-0.3, -0.25) is 0 Å². The summed E-state index contributed by atoms with van der Waals surface area (Å²) in [5.74, 6) is -0.457. The van der Waals surface area contributed by atoms with Crippen LogP contribution in [0.25, 0.3) is 0 Å². The summed E-state index contributed by atoms with van der Waals surface area (Å²) in [5.41, 5.74) is -0.601. The first-order valence-electron chi connectivity index (χ1n) is 4.62. The van der Waals surface area contributed by atoms with Crippen LogP contribution in [-0.4, -0.2) is 23.3 Å². The van der Waals surface area contributed by atoms with E-state index in [0.717, 1.165) is 13.2 Å². The lowest BCUT2D eigenvalue weighted by Gasteiger charge is -2.12. The minimum atomic E-state index is -4.51. The molecule has 0 amide bonds. The zero-order valence-electron chi connectivity index (χ0n) is 8.88. The summed E-state index contributed by atoms with van der Waals surface area (Å²) in [6, 6.07) is 0.943. The number of ether oxygens (including phenoxy) is 1. The van der Waals surface area contributed by atoms with Gasteiger partial charge in [0.2, 0.25) is 5.88 Å². The molecule has 1 heterocycles. The zero-order chi connectivity index (χ0) is 12.3. The first-order valence-corrected chi connectivity index (χ1v) is 4.62. The van der Waals surface area contributed by atoms with Crippen molar-refractivity contribution in [2.45, 2.75) is 25.6 Å².